The van der Waals surface area contributed by atoms with Crippen molar-refractivity contribution in [3.63, 3.8) is 0 Å². The smallest absolute Gasteiger partial charge is 0.308 e. The summed E-state index contributed by atoms with van der Waals surface area (Å²) in [6.07, 6.45) is 1.81. The molecule has 19 heavy (non-hydrogen) atoms. The lowest BCUT2D eigenvalue weighted by atomic mass is 9.84. The summed E-state index contributed by atoms with van der Waals surface area (Å²) < 4.78 is 0. The van der Waals surface area contributed by atoms with Crippen LogP contribution in [0.25, 0.3) is 0 Å². The molecule has 0 aromatic rings. The molecular weight excluding hydrogens is 242 g/mol. The molecule has 0 aliphatic rings. The van der Waals surface area contributed by atoms with Crippen molar-refractivity contribution in [1.29, 1.82) is 0 Å². The van der Waals surface area contributed by atoms with E-state index in [-0.39, 0.29) is 23.3 Å². The second-order valence-electron chi connectivity index (χ2n) is 7.66. The van der Waals surface area contributed by atoms with E-state index in [1.54, 1.807) is 0 Å². The molecule has 4 nitrogen and oxygen atoms in total. The van der Waals surface area contributed by atoms with Crippen molar-refractivity contribution in [2.45, 2.75) is 60.8 Å². The zero-order valence-corrected chi connectivity index (χ0v) is 13.2. The van der Waals surface area contributed by atoms with Crippen LogP contribution in [0.2, 0.25) is 0 Å². The highest BCUT2D eigenvalue weighted by molar-refractivity contribution is 5.77. The molecule has 1 atom stereocenters. The van der Waals surface area contributed by atoms with Crippen molar-refractivity contribution >= 4 is 11.9 Å². The summed E-state index contributed by atoms with van der Waals surface area (Å²) in [6.45, 7) is 12.5. The minimum Gasteiger partial charge on any atom is -0.481 e. The van der Waals surface area contributed by atoms with Crippen molar-refractivity contribution in [1.82, 2.24) is 5.32 Å². The summed E-state index contributed by atoms with van der Waals surface area (Å²) in [7, 11) is 0. The molecule has 0 heterocycles. The quantitative estimate of drug-likeness (QED) is 0.780. The summed E-state index contributed by atoms with van der Waals surface area (Å²) in [6, 6.07) is 0. The van der Waals surface area contributed by atoms with E-state index >= 15 is 0 Å². The van der Waals surface area contributed by atoms with Crippen molar-refractivity contribution < 1.29 is 14.7 Å². The highest BCUT2D eigenvalue weighted by Crippen LogP contribution is 2.24. The maximum atomic E-state index is 11.7. The number of hydrogen-bond donors (Lipinski definition) is 2. The van der Waals surface area contributed by atoms with Crippen molar-refractivity contribution in [2.24, 2.45) is 16.7 Å². The molecule has 0 spiro atoms. The molecule has 0 aromatic carbocycles. The van der Waals surface area contributed by atoms with Crippen LogP contribution in [0.3, 0.4) is 0 Å². The third kappa shape index (κ3) is 10.5. The molecule has 0 aromatic heterocycles. The molecule has 0 radical (unpaired) electrons. The maximum Gasteiger partial charge on any atom is 0.308 e. The van der Waals surface area contributed by atoms with Crippen molar-refractivity contribution in [2.75, 3.05) is 6.54 Å². The van der Waals surface area contributed by atoms with Crippen LogP contribution in [0.15, 0.2) is 0 Å². The first kappa shape index (κ1) is 17.9. The van der Waals surface area contributed by atoms with Crippen LogP contribution < -0.4 is 5.32 Å². The third-order valence-electron chi connectivity index (χ3n) is 2.86. The summed E-state index contributed by atoms with van der Waals surface area (Å²) in [4.78, 5) is 22.8. The number of carboxylic acids is 1. The summed E-state index contributed by atoms with van der Waals surface area (Å²) in [5.74, 6) is -1.42. The monoisotopic (exact) mass is 271 g/mol. The van der Waals surface area contributed by atoms with Crippen LogP contribution in [0.5, 0.6) is 0 Å². The van der Waals surface area contributed by atoms with E-state index < -0.39 is 11.9 Å². The molecule has 0 aliphatic heterocycles. The van der Waals surface area contributed by atoms with Gasteiger partial charge in [-0.15, -0.1) is 0 Å². The molecular formula is C15H29NO3. The number of carboxylic acid groups (broad SMARTS) is 1. The molecule has 0 saturated heterocycles. The highest BCUT2D eigenvalue weighted by atomic mass is 16.4. The van der Waals surface area contributed by atoms with Gasteiger partial charge in [0.15, 0.2) is 0 Å². The van der Waals surface area contributed by atoms with Crippen LogP contribution >= 0.6 is 0 Å². The predicted octanol–water partition coefficient (Wildman–Crippen LogP) is 3.07. The number of carbonyl (C=O) groups excluding carboxylic acids is 1. The van der Waals surface area contributed by atoms with Gasteiger partial charge in [-0.1, -0.05) is 41.5 Å². The van der Waals surface area contributed by atoms with Crippen LogP contribution in [-0.2, 0) is 9.59 Å². The van der Waals surface area contributed by atoms with Gasteiger partial charge in [-0.2, -0.15) is 0 Å². The minimum absolute atomic E-state index is 0.0564. The van der Waals surface area contributed by atoms with Gasteiger partial charge in [0.2, 0.25) is 5.91 Å². The summed E-state index contributed by atoms with van der Waals surface area (Å²) in [5, 5.41) is 11.9. The Kier molecular flexibility index (Phi) is 6.53. The minimum atomic E-state index is -0.842. The van der Waals surface area contributed by atoms with E-state index in [9.17, 15) is 9.59 Å². The number of rotatable bonds is 6. The fourth-order valence-electron chi connectivity index (χ4n) is 1.80. The number of carbonyl (C=O) groups is 2. The first-order chi connectivity index (χ1) is 8.41. The van der Waals surface area contributed by atoms with Gasteiger partial charge in [-0.05, 0) is 23.7 Å². The Morgan fingerprint density at radius 1 is 1.05 bits per heavy atom. The molecule has 0 saturated carbocycles. The molecule has 112 valence electrons. The standard InChI is InChI=1S/C15H29NO3/c1-14(2,3)8-7-12(17)16-10-11(13(18)19)9-15(4,5)6/h11H,7-10H2,1-6H3,(H,16,17)(H,18,19). The number of aliphatic carboxylic acids is 1. The number of hydrogen-bond acceptors (Lipinski definition) is 2. The highest BCUT2D eigenvalue weighted by Gasteiger charge is 2.25. The van der Waals surface area contributed by atoms with Crippen LogP contribution in [0.4, 0.5) is 0 Å². The maximum absolute atomic E-state index is 11.7. The Morgan fingerprint density at radius 2 is 1.58 bits per heavy atom. The Balaban J connectivity index is 4.19. The van der Waals surface area contributed by atoms with E-state index in [0.717, 1.165) is 6.42 Å². The fraction of sp³-hybridized carbons (Fsp3) is 0.867. The lowest BCUT2D eigenvalue weighted by molar-refractivity contribution is -0.142. The van der Waals surface area contributed by atoms with Gasteiger partial charge in [-0.25, -0.2) is 0 Å². The van der Waals surface area contributed by atoms with Crippen molar-refractivity contribution in [3.05, 3.63) is 0 Å². The van der Waals surface area contributed by atoms with E-state index in [1.165, 1.54) is 0 Å². The Hall–Kier alpha value is -1.06. The van der Waals surface area contributed by atoms with Crippen LogP contribution in [0, 0.1) is 16.7 Å². The summed E-state index contributed by atoms with van der Waals surface area (Å²) in [5.41, 5.74) is 0.0636. The molecule has 0 fully saturated rings. The Morgan fingerprint density at radius 3 is 1.95 bits per heavy atom. The predicted molar refractivity (Wildman–Crippen MR) is 76.9 cm³/mol. The van der Waals surface area contributed by atoms with Gasteiger partial charge in [0.05, 0.1) is 5.92 Å². The Bertz CT molecular complexity index is 310. The zero-order valence-electron chi connectivity index (χ0n) is 13.2. The normalized spacial score (nSPS) is 14.0. The number of amides is 1. The van der Waals surface area contributed by atoms with Gasteiger partial charge in [0.1, 0.15) is 0 Å². The molecule has 4 heteroatoms. The van der Waals surface area contributed by atoms with Gasteiger partial charge in [0.25, 0.3) is 0 Å². The average Bonchev–Trinajstić information content (AvgIpc) is 2.18. The van der Waals surface area contributed by atoms with Crippen LogP contribution in [0.1, 0.15) is 60.8 Å². The second-order valence-corrected chi connectivity index (χ2v) is 7.66. The van der Waals surface area contributed by atoms with Gasteiger partial charge >= 0.3 is 5.97 Å². The van der Waals surface area contributed by atoms with E-state index in [2.05, 4.69) is 26.1 Å². The molecule has 2 N–H and O–H groups in total. The summed E-state index contributed by atoms with van der Waals surface area (Å²) >= 11 is 0. The Labute approximate surface area is 117 Å². The second kappa shape index (κ2) is 6.92. The molecule has 1 unspecified atom stereocenters. The first-order valence-corrected chi connectivity index (χ1v) is 6.90. The van der Waals surface area contributed by atoms with Gasteiger partial charge < -0.3 is 10.4 Å². The SMILES string of the molecule is CC(C)(C)CCC(=O)NCC(CC(C)(C)C)C(=O)O. The fourth-order valence-corrected chi connectivity index (χ4v) is 1.80. The van der Waals surface area contributed by atoms with E-state index in [0.29, 0.717) is 12.8 Å². The zero-order chi connectivity index (χ0) is 15.3. The average molecular weight is 271 g/mol. The largest absolute Gasteiger partial charge is 0.481 e. The molecule has 0 bridgehead atoms. The van der Waals surface area contributed by atoms with Crippen molar-refractivity contribution in [3.8, 4) is 0 Å². The topological polar surface area (TPSA) is 66.4 Å². The molecule has 0 rings (SSSR count). The molecule has 0 aliphatic carbocycles. The van der Waals surface area contributed by atoms with E-state index in [4.69, 9.17) is 5.11 Å². The van der Waals surface area contributed by atoms with E-state index in [1.807, 2.05) is 20.8 Å². The molecule has 1 amide bonds. The lowest BCUT2D eigenvalue weighted by Gasteiger charge is -2.23. The third-order valence-corrected chi connectivity index (χ3v) is 2.86. The van der Waals surface area contributed by atoms with Crippen LogP contribution in [-0.4, -0.2) is 23.5 Å². The van der Waals surface area contributed by atoms with Gasteiger partial charge in [-0.3, -0.25) is 9.59 Å². The lowest BCUT2D eigenvalue weighted by Crippen LogP contribution is -2.35. The number of nitrogens with one attached hydrogen (secondary N) is 1. The van der Waals surface area contributed by atoms with Gasteiger partial charge in [0, 0.05) is 13.0 Å². The first-order valence-electron chi connectivity index (χ1n) is 6.90.